The molecule has 5 heteroatoms. The van der Waals surface area contributed by atoms with Crippen LogP contribution in [0.2, 0.25) is 0 Å². The second-order valence-electron chi connectivity index (χ2n) is 5.07. The molecule has 1 aliphatic rings. The van der Waals surface area contributed by atoms with Gasteiger partial charge in [0.1, 0.15) is 0 Å². The first kappa shape index (κ1) is 14.8. The van der Waals surface area contributed by atoms with Crippen molar-refractivity contribution in [2.75, 3.05) is 33.2 Å². The van der Waals surface area contributed by atoms with Gasteiger partial charge in [-0.1, -0.05) is 19.1 Å². The molecule has 1 aliphatic heterocycles. The van der Waals surface area contributed by atoms with Gasteiger partial charge in [0.25, 0.3) is 5.91 Å². The van der Waals surface area contributed by atoms with Gasteiger partial charge >= 0.3 is 0 Å². The largest absolute Gasteiger partial charge is 0.478 e. The molecular weight excluding hydrogens is 259 g/mol. The van der Waals surface area contributed by atoms with Gasteiger partial charge in [0, 0.05) is 26.2 Å². The predicted octanol–water partition coefficient (Wildman–Crippen LogP) is 1.76. The van der Waals surface area contributed by atoms with Crippen molar-refractivity contribution in [2.24, 2.45) is 0 Å². The topological polar surface area (TPSA) is 32.8 Å². The van der Waals surface area contributed by atoms with Crippen molar-refractivity contribution in [2.45, 2.75) is 19.4 Å². The minimum Gasteiger partial charge on any atom is -0.478 e. The number of likely N-dealkylation sites (N-methyl/N-ethyl adjacent to an activating group) is 1. The van der Waals surface area contributed by atoms with Crippen LogP contribution < -0.4 is 4.74 Å². The number of carbonyl (C=O) groups excluding carboxylic acids is 1. The smallest absolute Gasteiger partial charge is 0.263 e. The second kappa shape index (κ2) is 6.70. The van der Waals surface area contributed by atoms with E-state index in [0.29, 0.717) is 19.5 Å². The summed E-state index contributed by atoms with van der Waals surface area (Å²) in [5.41, 5.74) is 0. The molecule has 1 aromatic rings. The van der Waals surface area contributed by atoms with Crippen molar-refractivity contribution in [3.8, 4) is 5.75 Å². The SMILES string of the molecule is CCC(Oc1ccccc1F)C(=O)N1CCN(C)CC1. The Morgan fingerprint density at radius 2 is 1.95 bits per heavy atom. The summed E-state index contributed by atoms with van der Waals surface area (Å²) < 4.78 is 19.1. The Bertz CT molecular complexity index is 459. The van der Waals surface area contributed by atoms with E-state index in [1.54, 1.807) is 23.1 Å². The average Bonchev–Trinajstić information content (AvgIpc) is 2.46. The molecule has 4 nitrogen and oxygen atoms in total. The van der Waals surface area contributed by atoms with E-state index in [2.05, 4.69) is 4.90 Å². The Morgan fingerprint density at radius 1 is 1.30 bits per heavy atom. The van der Waals surface area contributed by atoms with Gasteiger partial charge in [0.2, 0.25) is 0 Å². The molecule has 1 heterocycles. The fourth-order valence-corrected chi connectivity index (χ4v) is 2.23. The number of hydrogen-bond donors (Lipinski definition) is 0. The highest BCUT2D eigenvalue weighted by atomic mass is 19.1. The Hall–Kier alpha value is -1.62. The van der Waals surface area contributed by atoms with Crippen molar-refractivity contribution in [3.63, 3.8) is 0 Å². The minimum absolute atomic E-state index is 0.0520. The van der Waals surface area contributed by atoms with Crippen molar-refractivity contribution < 1.29 is 13.9 Å². The standard InChI is InChI=1S/C15H21FN2O2/c1-3-13(20-14-7-5-4-6-12(14)16)15(19)18-10-8-17(2)9-11-18/h4-7,13H,3,8-11H2,1-2H3. The quantitative estimate of drug-likeness (QED) is 0.842. The molecule has 0 bridgehead atoms. The summed E-state index contributed by atoms with van der Waals surface area (Å²) in [6.07, 6.45) is -0.0882. The lowest BCUT2D eigenvalue weighted by Crippen LogP contribution is -2.51. The van der Waals surface area contributed by atoms with Gasteiger partial charge in [-0.25, -0.2) is 4.39 Å². The number of hydrogen-bond acceptors (Lipinski definition) is 3. The van der Waals surface area contributed by atoms with Gasteiger partial charge in [0.15, 0.2) is 17.7 Å². The number of para-hydroxylation sites is 1. The van der Waals surface area contributed by atoms with Crippen LogP contribution >= 0.6 is 0 Å². The summed E-state index contributed by atoms with van der Waals surface area (Å²) in [6, 6.07) is 6.19. The molecule has 2 rings (SSSR count). The van der Waals surface area contributed by atoms with Crippen LogP contribution in [0.25, 0.3) is 0 Å². The van der Waals surface area contributed by atoms with Crippen LogP contribution in [0.1, 0.15) is 13.3 Å². The van der Waals surface area contributed by atoms with Crippen LogP contribution in [-0.4, -0.2) is 55.0 Å². The highest BCUT2D eigenvalue weighted by Gasteiger charge is 2.27. The van der Waals surface area contributed by atoms with Gasteiger partial charge in [-0.3, -0.25) is 4.79 Å². The zero-order valence-corrected chi connectivity index (χ0v) is 12.0. The number of nitrogens with zero attached hydrogens (tertiary/aromatic N) is 2. The fraction of sp³-hybridized carbons (Fsp3) is 0.533. The van der Waals surface area contributed by atoms with E-state index >= 15 is 0 Å². The normalized spacial score (nSPS) is 17.9. The molecule has 20 heavy (non-hydrogen) atoms. The van der Waals surface area contributed by atoms with Crippen LogP contribution in [0.15, 0.2) is 24.3 Å². The number of rotatable bonds is 4. The molecule has 1 atom stereocenters. The fourth-order valence-electron chi connectivity index (χ4n) is 2.23. The number of piperazine rings is 1. The Morgan fingerprint density at radius 3 is 2.55 bits per heavy atom. The maximum atomic E-state index is 13.6. The van der Waals surface area contributed by atoms with Gasteiger partial charge in [-0.05, 0) is 25.6 Å². The van der Waals surface area contributed by atoms with Gasteiger partial charge in [-0.15, -0.1) is 0 Å². The zero-order valence-electron chi connectivity index (χ0n) is 12.0. The third kappa shape index (κ3) is 3.48. The van der Waals surface area contributed by atoms with Crippen LogP contribution in [0.4, 0.5) is 4.39 Å². The molecule has 110 valence electrons. The molecule has 0 aromatic heterocycles. The summed E-state index contributed by atoms with van der Waals surface area (Å²) in [5, 5.41) is 0. The lowest BCUT2D eigenvalue weighted by Gasteiger charge is -2.34. The van der Waals surface area contributed by atoms with E-state index in [1.807, 2.05) is 14.0 Å². The molecule has 0 spiro atoms. The predicted molar refractivity (Wildman–Crippen MR) is 75.2 cm³/mol. The summed E-state index contributed by atoms with van der Waals surface area (Å²) in [5.74, 6) is -0.345. The first-order valence-corrected chi connectivity index (χ1v) is 7.00. The van der Waals surface area contributed by atoms with Gasteiger partial charge in [0.05, 0.1) is 0 Å². The third-order valence-electron chi connectivity index (χ3n) is 3.57. The Kier molecular flexibility index (Phi) is 4.95. The summed E-state index contributed by atoms with van der Waals surface area (Å²) in [6.45, 7) is 5.00. The summed E-state index contributed by atoms with van der Waals surface area (Å²) >= 11 is 0. The minimum atomic E-state index is -0.615. The van der Waals surface area contributed by atoms with Crippen molar-refractivity contribution in [3.05, 3.63) is 30.1 Å². The van der Waals surface area contributed by atoms with Crippen molar-refractivity contribution >= 4 is 5.91 Å². The first-order valence-electron chi connectivity index (χ1n) is 7.00. The lowest BCUT2D eigenvalue weighted by molar-refractivity contribution is -0.140. The summed E-state index contributed by atoms with van der Waals surface area (Å²) in [7, 11) is 2.04. The van der Waals surface area contributed by atoms with E-state index in [0.717, 1.165) is 13.1 Å². The maximum absolute atomic E-state index is 13.6. The van der Waals surface area contributed by atoms with Crippen LogP contribution in [-0.2, 0) is 4.79 Å². The van der Waals surface area contributed by atoms with Crippen molar-refractivity contribution in [1.29, 1.82) is 0 Å². The van der Waals surface area contributed by atoms with Gasteiger partial charge < -0.3 is 14.5 Å². The number of carbonyl (C=O) groups is 1. The van der Waals surface area contributed by atoms with Gasteiger partial charge in [-0.2, -0.15) is 0 Å². The van der Waals surface area contributed by atoms with E-state index < -0.39 is 11.9 Å². The molecule has 0 saturated carbocycles. The average molecular weight is 280 g/mol. The highest BCUT2D eigenvalue weighted by molar-refractivity contribution is 5.81. The molecule has 0 N–H and O–H groups in total. The molecule has 1 aromatic carbocycles. The van der Waals surface area contributed by atoms with E-state index in [9.17, 15) is 9.18 Å². The highest BCUT2D eigenvalue weighted by Crippen LogP contribution is 2.19. The summed E-state index contributed by atoms with van der Waals surface area (Å²) in [4.78, 5) is 16.4. The van der Waals surface area contributed by atoms with E-state index in [-0.39, 0.29) is 11.7 Å². The Labute approximate surface area is 119 Å². The molecule has 1 fully saturated rings. The number of halogens is 1. The van der Waals surface area contributed by atoms with E-state index in [4.69, 9.17) is 4.74 Å². The molecule has 1 saturated heterocycles. The van der Waals surface area contributed by atoms with Crippen LogP contribution in [0.5, 0.6) is 5.75 Å². The lowest BCUT2D eigenvalue weighted by atomic mass is 10.2. The molecule has 0 aliphatic carbocycles. The van der Waals surface area contributed by atoms with Crippen LogP contribution in [0.3, 0.4) is 0 Å². The Balaban J connectivity index is 2.01. The number of amides is 1. The van der Waals surface area contributed by atoms with E-state index in [1.165, 1.54) is 6.07 Å². The zero-order chi connectivity index (χ0) is 14.5. The molecule has 1 amide bonds. The molecular formula is C15H21FN2O2. The number of ether oxygens (including phenoxy) is 1. The number of benzene rings is 1. The monoisotopic (exact) mass is 280 g/mol. The third-order valence-corrected chi connectivity index (χ3v) is 3.57. The van der Waals surface area contributed by atoms with Crippen molar-refractivity contribution in [1.82, 2.24) is 9.80 Å². The molecule has 0 radical (unpaired) electrons. The maximum Gasteiger partial charge on any atom is 0.263 e. The van der Waals surface area contributed by atoms with Crippen LogP contribution in [0, 0.1) is 5.82 Å². The first-order chi connectivity index (χ1) is 9.61. The molecule has 1 unspecified atom stereocenters. The second-order valence-corrected chi connectivity index (χ2v) is 5.07.